The first-order valence-electron chi connectivity index (χ1n) is 9.80. The molecule has 1 aromatic heterocycles. The van der Waals surface area contributed by atoms with E-state index in [1.807, 2.05) is 13.8 Å². The third kappa shape index (κ3) is 2.64. The second kappa shape index (κ2) is 6.35. The van der Waals surface area contributed by atoms with Crippen molar-refractivity contribution < 1.29 is 14.4 Å². The molecule has 0 radical (unpaired) electrons. The van der Waals surface area contributed by atoms with Crippen molar-refractivity contribution in [2.75, 3.05) is 26.7 Å². The van der Waals surface area contributed by atoms with E-state index in [9.17, 15) is 14.4 Å². The van der Waals surface area contributed by atoms with Crippen molar-refractivity contribution in [3.63, 3.8) is 0 Å². The van der Waals surface area contributed by atoms with E-state index < -0.39 is 5.54 Å². The number of nitrogens with one attached hydrogen (secondary N) is 1. The molecule has 0 aromatic carbocycles. The van der Waals surface area contributed by atoms with Gasteiger partial charge in [0, 0.05) is 37.9 Å². The predicted molar refractivity (Wildman–Crippen MR) is 98.2 cm³/mol. The summed E-state index contributed by atoms with van der Waals surface area (Å²) in [6, 6.07) is -0.224. The molecule has 8 heteroatoms. The first-order valence-corrected chi connectivity index (χ1v) is 9.80. The largest absolute Gasteiger partial charge is 0.337 e. The maximum atomic E-state index is 13.0. The molecule has 0 saturated carbocycles. The van der Waals surface area contributed by atoms with Crippen LogP contribution >= 0.6 is 0 Å². The third-order valence-electron chi connectivity index (χ3n) is 6.17. The molecule has 0 bridgehead atoms. The minimum absolute atomic E-state index is 0.0650. The SMILES string of the molecule is CC(C)CN1C(=O)N(C)C(=O)C12CCN(C(=O)c1n[nH]c3c1CCC3)CC2. The number of hydrogen-bond donors (Lipinski definition) is 1. The molecule has 1 spiro atoms. The molecule has 8 nitrogen and oxygen atoms in total. The number of carbonyl (C=O) groups excluding carboxylic acids is 3. The highest BCUT2D eigenvalue weighted by molar-refractivity contribution is 6.07. The lowest BCUT2D eigenvalue weighted by Crippen LogP contribution is -2.58. The number of carbonyl (C=O) groups is 3. The van der Waals surface area contributed by atoms with E-state index in [4.69, 9.17) is 0 Å². The number of likely N-dealkylation sites (tertiary alicyclic amines) is 1. The first kappa shape index (κ1) is 18.0. The molecule has 146 valence electrons. The summed E-state index contributed by atoms with van der Waals surface area (Å²) in [5, 5.41) is 7.23. The number of fused-ring (bicyclic) bond motifs is 1. The van der Waals surface area contributed by atoms with E-state index in [2.05, 4.69) is 10.2 Å². The van der Waals surface area contributed by atoms with Crippen LogP contribution in [0.3, 0.4) is 0 Å². The highest BCUT2D eigenvalue weighted by atomic mass is 16.2. The summed E-state index contributed by atoms with van der Waals surface area (Å²) in [6.45, 7) is 5.56. The zero-order chi connectivity index (χ0) is 19.3. The molecule has 3 heterocycles. The van der Waals surface area contributed by atoms with E-state index in [0.29, 0.717) is 38.2 Å². The van der Waals surface area contributed by atoms with Gasteiger partial charge in [-0.1, -0.05) is 13.8 Å². The Labute approximate surface area is 158 Å². The van der Waals surface area contributed by atoms with Gasteiger partial charge in [0.05, 0.1) is 0 Å². The molecule has 1 aromatic rings. The minimum Gasteiger partial charge on any atom is -0.337 e. The Balaban J connectivity index is 1.52. The molecule has 0 unspecified atom stereocenters. The number of nitrogens with zero attached hydrogens (tertiary/aromatic N) is 4. The molecule has 2 aliphatic heterocycles. The molecule has 1 N–H and O–H groups in total. The van der Waals surface area contributed by atoms with Crippen molar-refractivity contribution in [2.45, 2.75) is 51.5 Å². The van der Waals surface area contributed by atoms with Gasteiger partial charge in [-0.05, 0) is 38.0 Å². The van der Waals surface area contributed by atoms with Crippen LogP contribution in [-0.2, 0) is 17.6 Å². The summed E-state index contributed by atoms with van der Waals surface area (Å²) < 4.78 is 0. The van der Waals surface area contributed by atoms with Crippen LogP contribution < -0.4 is 0 Å². The second-order valence-corrected chi connectivity index (χ2v) is 8.36. The van der Waals surface area contributed by atoms with Gasteiger partial charge in [-0.15, -0.1) is 0 Å². The Morgan fingerprint density at radius 1 is 1.22 bits per heavy atom. The summed E-state index contributed by atoms with van der Waals surface area (Å²) >= 11 is 0. The Bertz CT molecular complexity index is 791. The molecular formula is C19H27N5O3. The fraction of sp³-hybridized carbons (Fsp3) is 0.684. The first-order chi connectivity index (χ1) is 12.8. The second-order valence-electron chi connectivity index (χ2n) is 8.36. The van der Waals surface area contributed by atoms with Crippen molar-refractivity contribution in [3.05, 3.63) is 17.0 Å². The van der Waals surface area contributed by atoms with Gasteiger partial charge in [0.1, 0.15) is 5.54 Å². The zero-order valence-corrected chi connectivity index (χ0v) is 16.2. The molecule has 27 heavy (non-hydrogen) atoms. The lowest BCUT2D eigenvalue weighted by Gasteiger charge is -2.42. The van der Waals surface area contributed by atoms with Crippen LogP contribution in [0.2, 0.25) is 0 Å². The molecule has 1 aliphatic carbocycles. The van der Waals surface area contributed by atoms with Crippen molar-refractivity contribution >= 4 is 17.8 Å². The van der Waals surface area contributed by atoms with Gasteiger partial charge in [-0.3, -0.25) is 19.6 Å². The van der Waals surface area contributed by atoms with Crippen molar-refractivity contribution in [1.82, 2.24) is 24.9 Å². The Morgan fingerprint density at radius 2 is 1.93 bits per heavy atom. The predicted octanol–water partition coefficient (Wildman–Crippen LogP) is 1.42. The lowest BCUT2D eigenvalue weighted by molar-refractivity contribution is -0.134. The lowest BCUT2D eigenvalue weighted by atomic mass is 9.85. The quantitative estimate of drug-likeness (QED) is 0.812. The number of H-pyrrole nitrogens is 1. The smallest absolute Gasteiger partial charge is 0.327 e. The molecule has 2 fully saturated rings. The number of hydrogen-bond acceptors (Lipinski definition) is 4. The highest BCUT2D eigenvalue weighted by Crippen LogP contribution is 2.37. The number of aromatic nitrogens is 2. The van der Waals surface area contributed by atoms with Gasteiger partial charge in [-0.25, -0.2) is 4.79 Å². The van der Waals surface area contributed by atoms with E-state index in [1.54, 1.807) is 16.8 Å². The van der Waals surface area contributed by atoms with Crippen LogP contribution in [0.4, 0.5) is 4.79 Å². The maximum absolute atomic E-state index is 13.0. The number of rotatable bonds is 3. The summed E-state index contributed by atoms with van der Waals surface area (Å²) in [4.78, 5) is 43.2. The van der Waals surface area contributed by atoms with Crippen molar-refractivity contribution in [2.24, 2.45) is 5.92 Å². The molecule has 4 amide bonds. The number of amides is 4. The summed E-state index contributed by atoms with van der Waals surface area (Å²) in [7, 11) is 1.55. The van der Waals surface area contributed by atoms with Crippen LogP contribution in [0.25, 0.3) is 0 Å². The molecule has 3 aliphatic rings. The topological polar surface area (TPSA) is 89.6 Å². The van der Waals surface area contributed by atoms with Gasteiger partial charge >= 0.3 is 6.03 Å². The standard InChI is InChI=1S/C19H27N5O3/c1-12(2)11-24-18(27)22(3)17(26)19(24)7-9-23(10-8-19)16(25)15-13-5-4-6-14(13)20-21-15/h12H,4-11H2,1-3H3,(H,20,21). The summed E-state index contributed by atoms with van der Waals surface area (Å²) in [5.41, 5.74) is 1.85. The molecule has 0 atom stereocenters. The third-order valence-corrected chi connectivity index (χ3v) is 6.17. The molecule has 4 rings (SSSR count). The monoisotopic (exact) mass is 373 g/mol. The Hall–Kier alpha value is -2.38. The number of aryl methyl sites for hydroxylation is 1. The number of urea groups is 1. The average Bonchev–Trinajstić information content (AvgIpc) is 3.30. The fourth-order valence-corrected chi connectivity index (χ4v) is 4.71. The normalized spacial score (nSPS) is 21.7. The van der Waals surface area contributed by atoms with Gasteiger partial charge < -0.3 is 9.80 Å². The summed E-state index contributed by atoms with van der Waals surface area (Å²) in [5.74, 6) is 0.0714. The zero-order valence-electron chi connectivity index (χ0n) is 16.2. The highest BCUT2D eigenvalue weighted by Gasteiger charge is 2.57. The van der Waals surface area contributed by atoms with Crippen LogP contribution in [0.5, 0.6) is 0 Å². The van der Waals surface area contributed by atoms with Crippen LogP contribution in [-0.4, -0.2) is 75.0 Å². The van der Waals surface area contributed by atoms with Gasteiger partial charge in [0.25, 0.3) is 11.8 Å². The van der Waals surface area contributed by atoms with Crippen LogP contribution in [0.15, 0.2) is 0 Å². The number of piperidine rings is 1. The maximum Gasteiger partial charge on any atom is 0.327 e. The van der Waals surface area contributed by atoms with Gasteiger partial charge in [0.2, 0.25) is 0 Å². The van der Waals surface area contributed by atoms with Crippen molar-refractivity contribution in [1.29, 1.82) is 0 Å². The average molecular weight is 373 g/mol. The fourth-order valence-electron chi connectivity index (χ4n) is 4.71. The van der Waals surface area contributed by atoms with E-state index >= 15 is 0 Å². The Morgan fingerprint density at radius 3 is 2.59 bits per heavy atom. The number of likely N-dealkylation sites (N-methyl/N-ethyl adjacent to an activating group) is 1. The van der Waals surface area contributed by atoms with Crippen LogP contribution in [0, 0.1) is 5.92 Å². The Kier molecular flexibility index (Phi) is 4.24. The van der Waals surface area contributed by atoms with E-state index in [0.717, 1.165) is 30.5 Å². The number of imide groups is 1. The van der Waals surface area contributed by atoms with E-state index in [1.165, 1.54) is 4.90 Å². The van der Waals surface area contributed by atoms with Gasteiger partial charge in [0.15, 0.2) is 5.69 Å². The minimum atomic E-state index is -0.805. The number of aromatic amines is 1. The van der Waals surface area contributed by atoms with E-state index in [-0.39, 0.29) is 23.8 Å². The van der Waals surface area contributed by atoms with Gasteiger partial charge in [-0.2, -0.15) is 5.10 Å². The van der Waals surface area contributed by atoms with Crippen molar-refractivity contribution in [3.8, 4) is 0 Å². The summed E-state index contributed by atoms with van der Waals surface area (Å²) in [6.07, 6.45) is 3.86. The molecule has 2 saturated heterocycles. The molecular weight excluding hydrogens is 346 g/mol. The van der Waals surface area contributed by atoms with Crippen LogP contribution in [0.1, 0.15) is 54.9 Å².